The van der Waals surface area contributed by atoms with Crippen molar-refractivity contribution in [2.75, 3.05) is 16.8 Å². The Bertz CT molecular complexity index is 925. The molecule has 31 heavy (non-hydrogen) atoms. The van der Waals surface area contributed by atoms with Crippen molar-refractivity contribution >= 4 is 23.4 Å². The van der Waals surface area contributed by atoms with Crippen LogP contribution in [0.25, 0.3) is 0 Å². The van der Waals surface area contributed by atoms with E-state index in [9.17, 15) is 14.8 Å². The van der Waals surface area contributed by atoms with Crippen molar-refractivity contribution in [2.45, 2.75) is 59.2 Å². The van der Waals surface area contributed by atoms with E-state index in [0.717, 1.165) is 24.0 Å². The number of aryl methyl sites for hydroxylation is 2. The number of hydrogen-bond acceptors (Lipinski definition) is 3. The molecule has 1 atom stereocenters. The Hall–Kier alpha value is -3.06. The van der Waals surface area contributed by atoms with Gasteiger partial charge in [0, 0.05) is 17.9 Å². The van der Waals surface area contributed by atoms with Gasteiger partial charge in [-0.2, -0.15) is 5.06 Å². The Balaban J connectivity index is 1.95. The second kappa shape index (κ2) is 8.98. The Labute approximate surface area is 184 Å². The van der Waals surface area contributed by atoms with E-state index >= 15 is 0 Å². The second-order valence-corrected chi connectivity index (χ2v) is 8.66. The third-order valence-electron chi connectivity index (χ3n) is 5.80. The average molecular weight is 425 g/mol. The molecular weight excluding hydrogens is 392 g/mol. The Morgan fingerprint density at radius 1 is 1.06 bits per heavy atom. The van der Waals surface area contributed by atoms with Crippen molar-refractivity contribution < 1.29 is 14.8 Å². The Morgan fingerprint density at radius 3 is 2.16 bits per heavy atom. The van der Waals surface area contributed by atoms with Crippen molar-refractivity contribution in [3.8, 4) is 0 Å². The number of nitrogens with zero attached hydrogens (tertiary/aromatic N) is 3. The first-order chi connectivity index (χ1) is 14.7. The molecule has 0 aromatic heterocycles. The molecule has 166 valence electrons. The average Bonchev–Trinajstić information content (AvgIpc) is 2.93. The van der Waals surface area contributed by atoms with Crippen LogP contribution in [-0.2, 0) is 0 Å². The third-order valence-corrected chi connectivity index (χ3v) is 5.80. The number of anilines is 2. The van der Waals surface area contributed by atoms with Crippen molar-refractivity contribution in [3.05, 3.63) is 59.7 Å². The highest BCUT2D eigenvalue weighted by Gasteiger charge is 2.55. The van der Waals surface area contributed by atoms with Crippen molar-refractivity contribution in [2.24, 2.45) is 0 Å². The maximum absolute atomic E-state index is 13.4. The van der Waals surface area contributed by atoms with E-state index in [1.165, 1.54) is 4.90 Å². The fraction of sp³-hybridized carbons (Fsp3) is 0.417. The lowest BCUT2D eigenvalue weighted by molar-refractivity contribution is -0.0949. The standard InChI is InChI=1S/C24H32N4O3/c1-6-7-16-26-23(30)27(20-14-10-18(3)11-15-20)21(24(26,4)5)28(31)22(29)25-19-12-8-17(2)9-13-19/h8-15,21,31H,6-7,16H2,1-5H3,(H,25,29)/t21-/m1/s1. The van der Waals surface area contributed by atoms with Crippen LogP contribution in [0, 0.1) is 13.8 Å². The zero-order valence-corrected chi connectivity index (χ0v) is 18.9. The quantitative estimate of drug-likeness (QED) is 0.483. The van der Waals surface area contributed by atoms with Gasteiger partial charge >= 0.3 is 12.1 Å². The molecule has 4 amide bonds. The van der Waals surface area contributed by atoms with Crippen molar-refractivity contribution in [3.63, 3.8) is 0 Å². The first-order valence-corrected chi connectivity index (χ1v) is 10.7. The molecule has 1 saturated heterocycles. The summed E-state index contributed by atoms with van der Waals surface area (Å²) >= 11 is 0. The van der Waals surface area contributed by atoms with Gasteiger partial charge in [0.05, 0.1) is 5.54 Å². The van der Waals surface area contributed by atoms with E-state index < -0.39 is 17.7 Å². The molecule has 1 heterocycles. The fourth-order valence-electron chi connectivity index (χ4n) is 3.93. The second-order valence-electron chi connectivity index (χ2n) is 8.66. The molecule has 1 aliphatic heterocycles. The van der Waals surface area contributed by atoms with Crippen molar-refractivity contribution in [1.82, 2.24) is 9.96 Å². The lowest BCUT2D eigenvalue weighted by Gasteiger charge is -2.38. The lowest BCUT2D eigenvalue weighted by Crippen LogP contribution is -2.58. The van der Waals surface area contributed by atoms with Gasteiger partial charge < -0.3 is 10.2 Å². The molecule has 0 saturated carbocycles. The first-order valence-electron chi connectivity index (χ1n) is 10.7. The summed E-state index contributed by atoms with van der Waals surface area (Å²) in [6.45, 7) is 10.3. The van der Waals surface area contributed by atoms with Gasteiger partial charge in [-0.15, -0.1) is 0 Å². The summed E-state index contributed by atoms with van der Waals surface area (Å²) in [5.41, 5.74) is 2.53. The topological polar surface area (TPSA) is 76.1 Å². The third kappa shape index (κ3) is 4.51. The van der Waals surface area contributed by atoms with E-state index in [1.54, 1.807) is 17.0 Å². The number of rotatable bonds is 6. The highest BCUT2D eigenvalue weighted by atomic mass is 16.5. The number of carbonyl (C=O) groups excluding carboxylic acids is 2. The van der Waals surface area contributed by atoms with Gasteiger partial charge in [0.25, 0.3) is 0 Å². The van der Waals surface area contributed by atoms with E-state index in [0.29, 0.717) is 23.0 Å². The molecule has 1 fully saturated rings. The van der Waals surface area contributed by atoms with Gasteiger partial charge in [-0.05, 0) is 58.4 Å². The van der Waals surface area contributed by atoms with Gasteiger partial charge in [-0.1, -0.05) is 48.7 Å². The SMILES string of the molecule is CCCCN1C(=O)N(c2ccc(C)cc2)[C@H](N(O)C(=O)Nc2ccc(C)cc2)C1(C)C. The molecule has 2 aromatic carbocycles. The number of nitrogens with one attached hydrogen (secondary N) is 1. The van der Waals surface area contributed by atoms with Crippen LogP contribution in [0.3, 0.4) is 0 Å². The predicted octanol–water partition coefficient (Wildman–Crippen LogP) is 5.37. The molecule has 0 radical (unpaired) electrons. The summed E-state index contributed by atoms with van der Waals surface area (Å²) in [6, 6.07) is 13.9. The monoisotopic (exact) mass is 424 g/mol. The smallest absolute Gasteiger partial charge is 0.315 e. The van der Waals surface area contributed by atoms with Crippen LogP contribution in [0.5, 0.6) is 0 Å². The minimum absolute atomic E-state index is 0.227. The largest absolute Gasteiger partial charge is 0.347 e. The number of hydrogen-bond donors (Lipinski definition) is 2. The summed E-state index contributed by atoms with van der Waals surface area (Å²) in [5.74, 6) is 0. The van der Waals surface area contributed by atoms with Gasteiger partial charge in [-0.3, -0.25) is 10.1 Å². The summed E-state index contributed by atoms with van der Waals surface area (Å²) in [4.78, 5) is 29.6. The zero-order valence-electron chi connectivity index (χ0n) is 18.9. The van der Waals surface area contributed by atoms with E-state index in [2.05, 4.69) is 12.2 Å². The Kier molecular flexibility index (Phi) is 6.55. The summed E-state index contributed by atoms with van der Waals surface area (Å²) in [6.07, 6.45) is 0.876. The number of unbranched alkanes of at least 4 members (excludes halogenated alkanes) is 1. The van der Waals surface area contributed by atoms with Crippen LogP contribution in [0.2, 0.25) is 0 Å². The number of urea groups is 2. The minimum atomic E-state index is -0.898. The highest BCUT2D eigenvalue weighted by molar-refractivity contribution is 5.98. The molecule has 7 heteroatoms. The lowest BCUT2D eigenvalue weighted by atomic mass is 9.99. The van der Waals surface area contributed by atoms with Crippen LogP contribution in [0.15, 0.2) is 48.5 Å². The molecule has 0 spiro atoms. The van der Waals surface area contributed by atoms with Gasteiger partial charge in [0.15, 0.2) is 6.17 Å². The summed E-state index contributed by atoms with van der Waals surface area (Å²) in [7, 11) is 0. The van der Waals surface area contributed by atoms with Crippen LogP contribution in [0.4, 0.5) is 21.0 Å². The summed E-state index contributed by atoms with van der Waals surface area (Å²) in [5, 5.41) is 14.4. The molecule has 0 unspecified atom stereocenters. The summed E-state index contributed by atoms with van der Waals surface area (Å²) < 4.78 is 0. The van der Waals surface area contributed by atoms with E-state index in [4.69, 9.17) is 0 Å². The normalized spacial score (nSPS) is 17.7. The Morgan fingerprint density at radius 2 is 1.61 bits per heavy atom. The first kappa shape index (κ1) is 22.6. The number of benzene rings is 2. The molecule has 7 nitrogen and oxygen atoms in total. The maximum Gasteiger partial charge on any atom is 0.347 e. The van der Waals surface area contributed by atoms with Crippen LogP contribution in [-0.4, -0.2) is 45.5 Å². The van der Waals surface area contributed by atoms with Crippen LogP contribution >= 0.6 is 0 Å². The van der Waals surface area contributed by atoms with E-state index in [-0.39, 0.29) is 6.03 Å². The van der Waals surface area contributed by atoms with Crippen LogP contribution < -0.4 is 10.2 Å². The van der Waals surface area contributed by atoms with Crippen molar-refractivity contribution in [1.29, 1.82) is 0 Å². The van der Waals surface area contributed by atoms with Gasteiger partial charge in [-0.25, -0.2) is 9.59 Å². The van der Waals surface area contributed by atoms with Gasteiger partial charge in [0.1, 0.15) is 0 Å². The van der Waals surface area contributed by atoms with Crippen LogP contribution in [0.1, 0.15) is 44.7 Å². The number of amides is 4. The zero-order chi connectivity index (χ0) is 22.8. The van der Waals surface area contributed by atoms with E-state index in [1.807, 2.05) is 64.1 Å². The number of hydroxylamine groups is 2. The molecule has 2 aromatic rings. The minimum Gasteiger partial charge on any atom is -0.315 e. The fourth-order valence-corrected chi connectivity index (χ4v) is 3.93. The molecule has 1 aliphatic rings. The molecule has 0 aliphatic carbocycles. The number of carbonyl (C=O) groups is 2. The predicted molar refractivity (Wildman–Crippen MR) is 122 cm³/mol. The highest BCUT2D eigenvalue weighted by Crippen LogP contribution is 2.38. The molecule has 3 rings (SSSR count). The van der Waals surface area contributed by atoms with Gasteiger partial charge in [0.2, 0.25) is 0 Å². The molecule has 2 N–H and O–H groups in total. The molecular formula is C24H32N4O3. The molecule has 0 bridgehead atoms. The maximum atomic E-state index is 13.4.